The number of benzene rings is 1. The standard InChI is InChI=1S/C16H22FN3/c1-3-19-12(2)14-6-4-7-15(17)16(14)20(11-5-10-18)13-8-9-13/h4,6-7,12-13,19H,3,5,8-9,11H2,1-2H3. The van der Waals surface area contributed by atoms with Gasteiger partial charge in [0.05, 0.1) is 18.2 Å². The van der Waals surface area contributed by atoms with Gasteiger partial charge < -0.3 is 10.2 Å². The van der Waals surface area contributed by atoms with Crippen LogP contribution in [0.15, 0.2) is 18.2 Å². The maximum absolute atomic E-state index is 14.4. The van der Waals surface area contributed by atoms with E-state index in [1.807, 2.05) is 13.0 Å². The average molecular weight is 275 g/mol. The molecule has 1 atom stereocenters. The largest absolute Gasteiger partial charge is 0.365 e. The third-order valence-corrected chi connectivity index (χ3v) is 3.73. The number of nitrogens with one attached hydrogen (secondary N) is 1. The van der Waals surface area contributed by atoms with Crippen molar-refractivity contribution in [1.29, 1.82) is 5.26 Å². The first kappa shape index (κ1) is 14.8. The molecule has 3 nitrogen and oxygen atoms in total. The SMILES string of the molecule is CCNC(C)c1cccc(F)c1N(CCC#N)C1CC1. The van der Waals surface area contributed by atoms with Gasteiger partial charge in [-0.1, -0.05) is 19.1 Å². The molecule has 0 spiro atoms. The Morgan fingerprint density at radius 1 is 1.50 bits per heavy atom. The van der Waals surface area contributed by atoms with Crippen molar-refractivity contribution < 1.29 is 4.39 Å². The maximum Gasteiger partial charge on any atom is 0.146 e. The highest BCUT2D eigenvalue weighted by molar-refractivity contribution is 5.58. The number of nitriles is 1. The molecule has 0 heterocycles. The van der Waals surface area contributed by atoms with Gasteiger partial charge in [0, 0.05) is 18.6 Å². The molecule has 1 unspecified atom stereocenters. The Labute approximate surface area is 120 Å². The van der Waals surface area contributed by atoms with Crippen molar-refractivity contribution >= 4 is 5.69 Å². The molecule has 108 valence electrons. The zero-order valence-electron chi connectivity index (χ0n) is 12.2. The summed E-state index contributed by atoms with van der Waals surface area (Å²) in [7, 11) is 0. The molecule has 0 saturated heterocycles. The van der Waals surface area contributed by atoms with E-state index in [9.17, 15) is 4.39 Å². The van der Waals surface area contributed by atoms with Gasteiger partial charge in [-0.2, -0.15) is 5.26 Å². The van der Waals surface area contributed by atoms with E-state index in [2.05, 4.69) is 23.2 Å². The normalized spacial score (nSPS) is 15.7. The van der Waals surface area contributed by atoms with Crippen molar-refractivity contribution in [3.05, 3.63) is 29.6 Å². The molecule has 0 bridgehead atoms. The lowest BCUT2D eigenvalue weighted by Gasteiger charge is -2.29. The van der Waals surface area contributed by atoms with E-state index in [-0.39, 0.29) is 11.9 Å². The van der Waals surface area contributed by atoms with Crippen LogP contribution >= 0.6 is 0 Å². The van der Waals surface area contributed by atoms with E-state index in [0.29, 0.717) is 24.7 Å². The van der Waals surface area contributed by atoms with Crippen LogP contribution in [-0.2, 0) is 0 Å². The van der Waals surface area contributed by atoms with Crippen molar-refractivity contribution in [3.63, 3.8) is 0 Å². The fourth-order valence-electron chi connectivity index (χ4n) is 2.63. The second-order valence-corrected chi connectivity index (χ2v) is 5.29. The van der Waals surface area contributed by atoms with Crippen molar-refractivity contribution in [2.45, 2.75) is 45.2 Å². The minimum absolute atomic E-state index is 0.106. The summed E-state index contributed by atoms with van der Waals surface area (Å²) in [6, 6.07) is 7.92. The molecule has 1 fully saturated rings. The molecule has 1 aromatic rings. The fourth-order valence-corrected chi connectivity index (χ4v) is 2.63. The average Bonchev–Trinajstić information content (AvgIpc) is 3.25. The summed E-state index contributed by atoms with van der Waals surface area (Å²) in [6.45, 7) is 5.55. The molecule has 0 amide bonds. The third kappa shape index (κ3) is 3.29. The first-order chi connectivity index (χ1) is 9.69. The van der Waals surface area contributed by atoms with Crippen LogP contribution in [0, 0.1) is 17.1 Å². The van der Waals surface area contributed by atoms with E-state index in [1.165, 1.54) is 6.07 Å². The van der Waals surface area contributed by atoms with Crippen molar-refractivity contribution in [2.75, 3.05) is 18.0 Å². The van der Waals surface area contributed by atoms with E-state index >= 15 is 0 Å². The Balaban J connectivity index is 2.34. The molecule has 0 aromatic heterocycles. The topological polar surface area (TPSA) is 39.1 Å². The lowest BCUT2D eigenvalue weighted by atomic mass is 10.0. The van der Waals surface area contributed by atoms with Gasteiger partial charge in [-0.25, -0.2) is 4.39 Å². The highest BCUT2D eigenvalue weighted by Crippen LogP contribution is 2.37. The summed E-state index contributed by atoms with van der Waals surface area (Å²) in [5.74, 6) is -0.183. The van der Waals surface area contributed by atoms with Crippen molar-refractivity contribution in [3.8, 4) is 6.07 Å². The molecule has 4 heteroatoms. The molecule has 1 saturated carbocycles. The van der Waals surface area contributed by atoms with Gasteiger partial charge in [0.2, 0.25) is 0 Å². The zero-order valence-corrected chi connectivity index (χ0v) is 12.2. The van der Waals surface area contributed by atoms with Gasteiger partial charge in [-0.15, -0.1) is 0 Å². The Morgan fingerprint density at radius 2 is 2.25 bits per heavy atom. The second-order valence-electron chi connectivity index (χ2n) is 5.29. The molecule has 1 N–H and O–H groups in total. The smallest absolute Gasteiger partial charge is 0.146 e. The lowest BCUT2D eigenvalue weighted by molar-refractivity contribution is 0.575. The molecule has 20 heavy (non-hydrogen) atoms. The first-order valence-corrected chi connectivity index (χ1v) is 7.34. The van der Waals surface area contributed by atoms with Crippen LogP contribution < -0.4 is 10.2 Å². The summed E-state index contributed by atoms with van der Waals surface area (Å²) in [6.07, 6.45) is 2.61. The second kappa shape index (κ2) is 6.71. The van der Waals surface area contributed by atoms with Gasteiger partial charge in [-0.05, 0) is 37.9 Å². The van der Waals surface area contributed by atoms with Crippen LogP contribution in [0.1, 0.15) is 44.7 Å². The monoisotopic (exact) mass is 275 g/mol. The number of para-hydroxylation sites is 1. The lowest BCUT2D eigenvalue weighted by Crippen LogP contribution is -2.30. The third-order valence-electron chi connectivity index (χ3n) is 3.73. The van der Waals surface area contributed by atoms with Gasteiger partial charge in [0.1, 0.15) is 5.82 Å². The Bertz CT molecular complexity index is 491. The molecule has 0 radical (unpaired) electrons. The Morgan fingerprint density at radius 3 is 2.85 bits per heavy atom. The highest BCUT2D eigenvalue weighted by Gasteiger charge is 2.32. The minimum Gasteiger partial charge on any atom is -0.365 e. The predicted molar refractivity (Wildman–Crippen MR) is 79.1 cm³/mol. The Hall–Kier alpha value is -1.60. The van der Waals surface area contributed by atoms with Crippen LogP contribution in [-0.4, -0.2) is 19.1 Å². The first-order valence-electron chi connectivity index (χ1n) is 7.34. The number of anilines is 1. The van der Waals surface area contributed by atoms with E-state index in [4.69, 9.17) is 5.26 Å². The number of hydrogen-bond acceptors (Lipinski definition) is 3. The van der Waals surface area contributed by atoms with E-state index in [1.54, 1.807) is 6.07 Å². The summed E-state index contributed by atoms with van der Waals surface area (Å²) < 4.78 is 14.4. The summed E-state index contributed by atoms with van der Waals surface area (Å²) in [5, 5.41) is 12.2. The quantitative estimate of drug-likeness (QED) is 0.829. The number of hydrogen-bond donors (Lipinski definition) is 1. The molecular weight excluding hydrogens is 253 g/mol. The van der Waals surface area contributed by atoms with Crippen LogP contribution in [0.4, 0.5) is 10.1 Å². The van der Waals surface area contributed by atoms with Crippen LogP contribution in [0.3, 0.4) is 0 Å². The Kier molecular flexibility index (Phi) is 4.97. The number of halogens is 1. The summed E-state index contributed by atoms with van der Waals surface area (Å²) >= 11 is 0. The fraction of sp³-hybridized carbons (Fsp3) is 0.562. The number of rotatable bonds is 7. The predicted octanol–water partition coefficient (Wildman–Crippen LogP) is 3.38. The molecule has 1 aromatic carbocycles. The molecule has 1 aliphatic carbocycles. The molecule has 2 rings (SSSR count). The maximum atomic E-state index is 14.4. The van der Waals surface area contributed by atoms with Crippen LogP contribution in [0.5, 0.6) is 0 Å². The minimum atomic E-state index is -0.183. The van der Waals surface area contributed by atoms with Gasteiger partial charge >= 0.3 is 0 Å². The van der Waals surface area contributed by atoms with Gasteiger partial charge in [-0.3, -0.25) is 0 Å². The van der Waals surface area contributed by atoms with Crippen LogP contribution in [0.2, 0.25) is 0 Å². The van der Waals surface area contributed by atoms with Gasteiger partial charge in [0.15, 0.2) is 0 Å². The highest BCUT2D eigenvalue weighted by atomic mass is 19.1. The number of nitrogens with zero attached hydrogens (tertiary/aromatic N) is 2. The molecule has 0 aliphatic heterocycles. The van der Waals surface area contributed by atoms with Crippen molar-refractivity contribution in [1.82, 2.24) is 5.32 Å². The van der Waals surface area contributed by atoms with E-state index < -0.39 is 0 Å². The molecule has 1 aliphatic rings. The zero-order chi connectivity index (χ0) is 14.5. The van der Waals surface area contributed by atoms with Crippen molar-refractivity contribution in [2.24, 2.45) is 0 Å². The van der Waals surface area contributed by atoms with E-state index in [0.717, 1.165) is 24.9 Å². The summed E-state index contributed by atoms with van der Waals surface area (Å²) in [4.78, 5) is 2.09. The summed E-state index contributed by atoms with van der Waals surface area (Å²) in [5.41, 5.74) is 1.66. The van der Waals surface area contributed by atoms with Gasteiger partial charge in [0.25, 0.3) is 0 Å². The molecular formula is C16H22FN3. The van der Waals surface area contributed by atoms with Crippen LogP contribution in [0.25, 0.3) is 0 Å².